The third-order valence-electron chi connectivity index (χ3n) is 18.6. The number of hydrogen-bond acceptors (Lipinski definition) is 9. The molecule has 6 saturated heterocycles. The van der Waals surface area contributed by atoms with Crippen LogP contribution < -0.4 is 18.9 Å². The highest BCUT2D eigenvalue weighted by Gasteiger charge is 2.53. The summed E-state index contributed by atoms with van der Waals surface area (Å²) < 4.78 is 29.9. The van der Waals surface area contributed by atoms with E-state index < -0.39 is 0 Å². The molecule has 0 spiro atoms. The number of quaternary nitrogens is 1. The van der Waals surface area contributed by atoms with Gasteiger partial charge >= 0.3 is 0 Å². The van der Waals surface area contributed by atoms with E-state index in [0.717, 1.165) is 161 Å². The van der Waals surface area contributed by atoms with Crippen LogP contribution in [-0.4, -0.2) is 87.1 Å². The van der Waals surface area contributed by atoms with Gasteiger partial charge in [0.1, 0.15) is 23.6 Å². The largest absolute Gasteiger partial charge is 0.490 e. The quantitative estimate of drug-likeness (QED) is 0.0486. The number of hydrogen-bond donors (Lipinski definition) is 0. The highest BCUT2D eigenvalue weighted by atomic mass is 16.5. The summed E-state index contributed by atoms with van der Waals surface area (Å²) in [6.07, 6.45) is 19.1. The summed E-state index contributed by atoms with van der Waals surface area (Å²) in [6, 6.07) is 30.8. The lowest BCUT2D eigenvalue weighted by molar-refractivity contribution is -0.956. The van der Waals surface area contributed by atoms with Crippen LogP contribution >= 0.6 is 0 Å². The van der Waals surface area contributed by atoms with Crippen LogP contribution in [0.15, 0.2) is 97.3 Å². The van der Waals surface area contributed by atoms with Crippen molar-refractivity contribution in [3.63, 3.8) is 0 Å². The average molecular weight is 1010 g/mol. The number of rotatable bonds is 22. The first-order valence-electron chi connectivity index (χ1n) is 29.4. The molecule has 75 heavy (non-hydrogen) atoms. The zero-order valence-corrected chi connectivity index (χ0v) is 46.1. The monoisotopic (exact) mass is 1010 g/mol. The molecule has 6 aliphatic heterocycles. The first-order chi connectivity index (χ1) is 36.7. The van der Waals surface area contributed by atoms with E-state index in [9.17, 15) is 0 Å². The number of pyridine rings is 2. The molecule has 0 saturated carbocycles. The van der Waals surface area contributed by atoms with Crippen molar-refractivity contribution >= 4 is 43.4 Å². The molecule has 3 aromatic heterocycles. The minimum atomic E-state index is -0.340. The van der Waals surface area contributed by atoms with Crippen molar-refractivity contribution in [2.24, 2.45) is 23.7 Å². The van der Waals surface area contributed by atoms with E-state index in [1.165, 1.54) is 25.7 Å². The molecule has 10 nitrogen and oxygen atoms in total. The lowest BCUT2D eigenvalue weighted by atomic mass is 9.71. The van der Waals surface area contributed by atoms with Crippen molar-refractivity contribution in [3.05, 3.63) is 108 Å². The van der Waals surface area contributed by atoms with Gasteiger partial charge in [-0.15, -0.1) is 10.2 Å². The van der Waals surface area contributed by atoms with Gasteiger partial charge in [0.05, 0.1) is 60.2 Å². The number of piperidine rings is 6. The molecule has 10 atom stereocenters. The standard InChI is InChI=1S/C65H83N6O4/c1-8-16-48(17-9-2)72-50-22-24-58-54(38-50)52(26-30-66-58)62(60-36-46-28-32-70(60)40-42(46)12-5)74-64-56-34-44-20-14-15-21-45(44)35-57(56)65(69-68-64)75-63(61-37-47-29-33-71(61,7)41-43(47)13-6)53-27-31-67-59-25-23-51(39-55(53)59)73-49(18-10-3)19-11-4/h14-15,20-27,30-31,34-35,38-39,42-43,46-49,60-63H,8-13,16-19,28-29,32-33,36-37,40-41H2,1-7H3/q+1/t42-,43-,46?,47+,60+,61?,62-,63?,71?/m0/s1. The molecule has 4 aromatic carbocycles. The summed E-state index contributed by atoms with van der Waals surface area (Å²) >= 11 is 0. The van der Waals surface area contributed by atoms with Crippen LogP contribution in [0.5, 0.6) is 23.3 Å². The second-order valence-electron chi connectivity index (χ2n) is 23.3. The van der Waals surface area contributed by atoms with E-state index in [-0.39, 0.29) is 36.5 Å². The Labute approximate surface area is 446 Å². The Balaban J connectivity index is 1.04. The maximum atomic E-state index is 7.71. The highest BCUT2D eigenvalue weighted by molar-refractivity contribution is 6.02. The van der Waals surface area contributed by atoms with Gasteiger partial charge in [0.25, 0.3) is 0 Å². The molecule has 0 radical (unpaired) electrons. The molecule has 6 fully saturated rings. The van der Waals surface area contributed by atoms with Gasteiger partial charge in [0.15, 0.2) is 6.10 Å². The maximum Gasteiger partial charge on any atom is 0.242 e. The Morgan fingerprint density at radius 3 is 1.61 bits per heavy atom. The number of fused-ring (bicyclic) bond motifs is 10. The highest BCUT2D eigenvalue weighted by Crippen LogP contribution is 2.50. The lowest BCUT2D eigenvalue weighted by Gasteiger charge is -2.57. The molecule has 5 unspecified atom stereocenters. The molecule has 0 amide bonds. The molecule has 0 N–H and O–H groups in total. The molecule has 396 valence electrons. The van der Waals surface area contributed by atoms with Crippen molar-refractivity contribution in [3.8, 4) is 23.3 Å². The Morgan fingerprint density at radius 1 is 0.573 bits per heavy atom. The minimum absolute atomic E-state index is 0.146. The van der Waals surface area contributed by atoms with Gasteiger partial charge in [-0.05, 0) is 141 Å². The van der Waals surface area contributed by atoms with E-state index in [4.69, 9.17) is 39.1 Å². The fourth-order valence-corrected chi connectivity index (χ4v) is 14.6. The SMILES string of the molecule is CCCC(CCC)Oc1ccc2nccc(C(Oc3nnc(O[C@@H](c4ccnc5ccc(OC(CCC)CCC)cc45)[C@H]4CC5CCN4C[C@@H]5CC)c4cc5ccccc5cc34)C3C[C@H]4CC[N+]3(C)C[C@@H]4CC)c2c1. The molecule has 9 heterocycles. The van der Waals surface area contributed by atoms with Crippen LogP contribution in [0.1, 0.15) is 155 Å². The first kappa shape index (κ1) is 51.5. The third kappa shape index (κ3) is 10.4. The van der Waals surface area contributed by atoms with E-state index in [1.807, 2.05) is 12.4 Å². The number of aromatic nitrogens is 4. The number of benzene rings is 4. The van der Waals surface area contributed by atoms with Crippen molar-refractivity contribution in [1.82, 2.24) is 25.1 Å². The summed E-state index contributed by atoms with van der Waals surface area (Å²) in [7, 11) is 2.48. The van der Waals surface area contributed by atoms with Crippen LogP contribution in [0.2, 0.25) is 0 Å². The zero-order chi connectivity index (χ0) is 51.6. The first-order valence-corrected chi connectivity index (χ1v) is 29.4. The van der Waals surface area contributed by atoms with Gasteiger partial charge in [-0.3, -0.25) is 14.9 Å². The molecular weight excluding hydrogens is 929 g/mol. The molecule has 13 rings (SSSR count). The summed E-state index contributed by atoms with van der Waals surface area (Å²) in [6.45, 7) is 18.1. The van der Waals surface area contributed by atoms with Gasteiger partial charge in [0, 0.05) is 59.6 Å². The van der Waals surface area contributed by atoms with Crippen LogP contribution in [-0.2, 0) is 0 Å². The number of likely N-dealkylation sites (N-methyl/N-ethyl adjacent to an activating group) is 1. The van der Waals surface area contributed by atoms with Crippen molar-refractivity contribution in [2.75, 3.05) is 33.2 Å². The Morgan fingerprint density at radius 2 is 1.11 bits per heavy atom. The number of nitrogens with zero attached hydrogens (tertiary/aromatic N) is 6. The molecule has 6 aliphatic rings. The van der Waals surface area contributed by atoms with Crippen LogP contribution in [0, 0.1) is 23.7 Å². The lowest BCUT2D eigenvalue weighted by Crippen LogP contribution is -2.66. The normalized spacial score (nSPS) is 25.2. The van der Waals surface area contributed by atoms with Gasteiger partial charge in [-0.25, -0.2) is 0 Å². The van der Waals surface area contributed by atoms with Crippen LogP contribution in [0.3, 0.4) is 0 Å². The summed E-state index contributed by atoms with van der Waals surface area (Å²) in [5.41, 5.74) is 4.12. The third-order valence-corrected chi connectivity index (χ3v) is 18.6. The maximum absolute atomic E-state index is 7.71. The Kier molecular flexibility index (Phi) is 15.5. The summed E-state index contributed by atoms with van der Waals surface area (Å²) in [5.74, 6) is 5.54. The average Bonchev–Trinajstić information content (AvgIpc) is 3.45. The smallest absolute Gasteiger partial charge is 0.242 e. The van der Waals surface area contributed by atoms with Gasteiger partial charge < -0.3 is 23.4 Å². The van der Waals surface area contributed by atoms with Gasteiger partial charge in [-0.2, -0.15) is 0 Å². The number of ether oxygens (including phenoxy) is 4. The zero-order valence-electron chi connectivity index (χ0n) is 46.1. The Bertz CT molecular complexity index is 3080. The predicted molar refractivity (Wildman–Crippen MR) is 304 cm³/mol. The van der Waals surface area contributed by atoms with E-state index in [0.29, 0.717) is 35.4 Å². The molecule has 4 bridgehead atoms. The van der Waals surface area contributed by atoms with Crippen molar-refractivity contribution in [2.45, 2.75) is 168 Å². The molecule has 10 heteroatoms. The second-order valence-corrected chi connectivity index (χ2v) is 23.3. The van der Waals surface area contributed by atoms with E-state index in [1.54, 1.807) is 0 Å². The van der Waals surface area contributed by atoms with E-state index >= 15 is 0 Å². The van der Waals surface area contributed by atoms with E-state index in [2.05, 4.69) is 138 Å². The topological polar surface area (TPSA) is 91.7 Å². The molecule has 0 aliphatic carbocycles. The van der Waals surface area contributed by atoms with Crippen LogP contribution in [0.4, 0.5) is 0 Å². The summed E-state index contributed by atoms with van der Waals surface area (Å²) in [4.78, 5) is 12.6. The Hall–Kier alpha value is -5.58. The molecule has 7 aromatic rings. The van der Waals surface area contributed by atoms with Crippen molar-refractivity contribution in [1.29, 1.82) is 0 Å². The minimum Gasteiger partial charge on any atom is -0.490 e. The van der Waals surface area contributed by atoms with Gasteiger partial charge in [0.2, 0.25) is 11.8 Å². The predicted octanol–water partition coefficient (Wildman–Crippen LogP) is 15.2. The van der Waals surface area contributed by atoms with Crippen LogP contribution in [0.25, 0.3) is 43.4 Å². The summed E-state index contributed by atoms with van der Waals surface area (Å²) in [5, 5.41) is 16.6. The molecular formula is C65H83N6O4+. The fourth-order valence-electron chi connectivity index (χ4n) is 14.6. The second kappa shape index (κ2) is 22.6. The fraction of sp³-hybridized carbons (Fsp3) is 0.538. The van der Waals surface area contributed by atoms with Gasteiger partial charge in [-0.1, -0.05) is 97.9 Å². The van der Waals surface area contributed by atoms with Crippen molar-refractivity contribution < 1.29 is 23.4 Å².